The highest BCUT2D eigenvalue weighted by atomic mass is 35.5. The molecule has 27 heavy (non-hydrogen) atoms. The molecule has 1 fully saturated rings. The van der Waals surface area contributed by atoms with E-state index in [4.69, 9.17) is 5.73 Å². The third-order valence-electron chi connectivity index (χ3n) is 4.68. The van der Waals surface area contributed by atoms with Crippen LogP contribution in [0.15, 0.2) is 54.6 Å². The van der Waals surface area contributed by atoms with Gasteiger partial charge in [0.05, 0.1) is 0 Å². The van der Waals surface area contributed by atoms with Gasteiger partial charge in [-0.1, -0.05) is 36.4 Å². The van der Waals surface area contributed by atoms with Crippen molar-refractivity contribution in [3.05, 3.63) is 65.7 Å². The summed E-state index contributed by atoms with van der Waals surface area (Å²) in [4.78, 5) is 28.5. The Morgan fingerprint density at radius 3 is 2.52 bits per heavy atom. The summed E-state index contributed by atoms with van der Waals surface area (Å²) in [5.74, 6) is 0.0809. The first-order valence-corrected chi connectivity index (χ1v) is 9.13. The smallest absolute Gasteiger partial charge is 0.253 e. The molecule has 6 heteroatoms. The molecule has 0 saturated carbocycles. The van der Waals surface area contributed by atoms with Gasteiger partial charge in [-0.2, -0.15) is 0 Å². The Morgan fingerprint density at radius 1 is 1.07 bits per heavy atom. The molecule has 0 spiro atoms. The number of hydrogen-bond donors (Lipinski definition) is 1. The molecule has 2 aromatic rings. The summed E-state index contributed by atoms with van der Waals surface area (Å²) in [7, 11) is 0. The lowest BCUT2D eigenvalue weighted by molar-refractivity contribution is -0.117. The number of anilines is 1. The van der Waals surface area contributed by atoms with E-state index in [1.165, 1.54) is 5.56 Å². The summed E-state index contributed by atoms with van der Waals surface area (Å²) in [5, 5.41) is 0. The molecule has 1 aliphatic heterocycles. The molecule has 5 nitrogen and oxygen atoms in total. The summed E-state index contributed by atoms with van der Waals surface area (Å²) in [5.41, 5.74) is 8.31. The Balaban J connectivity index is 0.00000261. The number of hydrogen-bond acceptors (Lipinski definition) is 3. The van der Waals surface area contributed by atoms with Crippen LogP contribution in [0.4, 0.5) is 5.69 Å². The Morgan fingerprint density at radius 2 is 1.85 bits per heavy atom. The van der Waals surface area contributed by atoms with Crippen molar-refractivity contribution in [3.8, 4) is 0 Å². The molecule has 2 N–H and O–H groups in total. The lowest BCUT2D eigenvalue weighted by atomic mass is 10.1. The first-order chi connectivity index (χ1) is 12.7. The van der Waals surface area contributed by atoms with Crippen LogP contribution >= 0.6 is 12.4 Å². The summed E-state index contributed by atoms with van der Waals surface area (Å²) < 4.78 is 0. The van der Waals surface area contributed by atoms with Crippen molar-refractivity contribution in [1.82, 2.24) is 4.90 Å². The molecular weight excluding hydrogens is 362 g/mol. The molecule has 1 aliphatic rings. The van der Waals surface area contributed by atoms with Gasteiger partial charge < -0.3 is 15.5 Å². The number of amides is 2. The second-order valence-corrected chi connectivity index (χ2v) is 6.52. The van der Waals surface area contributed by atoms with Crippen LogP contribution in [0.5, 0.6) is 0 Å². The zero-order valence-electron chi connectivity index (χ0n) is 15.3. The molecule has 1 saturated heterocycles. The van der Waals surface area contributed by atoms with E-state index in [1.54, 1.807) is 15.9 Å². The van der Waals surface area contributed by atoms with Gasteiger partial charge in [-0.15, -0.1) is 12.4 Å². The number of benzene rings is 2. The largest absolute Gasteiger partial charge is 0.337 e. The zero-order chi connectivity index (χ0) is 18.4. The molecule has 3 rings (SSSR count). The zero-order valence-corrected chi connectivity index (χ0v) is 16.2. The van der Waals surface area contributed by atoms with Gasteiger partial charge in [-0.05, 0) is 36.6 Å². The normalized spacial score (nSPS) is 13.4. The molecule has 0 aromatic heterocycles. The van der Waals surface area contributed by atoms with Crippen LogP contribution in [0.25, 0.3) is 0 Å². The Hall–Kier alpha value is -2.37. The quantitative estimate of drug-likeness (QED) is 0.794. The first-order valence-electron chi connectivity index (χ1n) is 9.13. The van der Waals surface area contributed by atoms with Crippen molar-refractivity contribution in [3.63, 3.8) is 0 Å². The highest BCUT2D eigenvalue weighted by molar-refractivity contribution is 5.99. The van der Waals surface area contributed by atoms with Gasteiger partial charge in [-0.3, -0.25) is 9.59 Å². The number of carbonyl (C=O) groups is 2. The van der Waals surface area contributed by atoms with E-state index < -0.39 is 0 Å². The number of nitrogens with two attached hydrogens (primary N) is 1. The summed E-state index contributed by atoms with van der Waals surface area (Å²) in [6, 6.07) is 17.5. The maximum absolute atomic E-state index is 13.0. The van der Waals surface area contributed by atoms with Gasteiger partial charge in [0.15, 0.2) is 0 Å². The molecule has 2 aromatic carbocycles. The molecule has 2 amide bonds. The topological polar surface area (TPSA) is 66.6 Å². The summed E-state index contributed by atoms with van der Waals surface area (Å²) >= 11 is 0. The van der Waals surface area contributed by atoms with Gasteiger partial charge in [0.2, 0.25) is 5.91 Å². The molecule has 0 aliphatic carbocycles. The Kier molecular flexibility index (Phi) is 7.82. The van der Waals surface area contributed by atoms with Crippen LogP contribution in [-0.4, -0.2) is 42.9 Å². The van der Waals surface area contributed by atoms with Gasteiger partial charge in [-0.25, -0.2) is 0 Å². The van der Waals surface area contributed by atoms with Crippen LogP contribution in [0, 0.1) is 0 Å². The molecule has 144 valence electrons. The lowest BCUT2D eigenvalue weighted by Crippen LogP contribution is -2.37. The monoisotopic (exact) mass is 387 g/mol. The maximum atomic E-state index is 13.0. The minimum atomic E-state index is -0.0418. The molecular formula is C21H26ClN3O2. The number of rotatable bonds is 7. The number of carbonyl (C=O) groups excluding carboxylic acids is 2. The van der Waals surface area contributed by atoms with Gasteiger partial charge in [0.25, 0.3) is 5.91 Å². The van der Waals surface area contributed by atoms with Crippen molar-refractivity contribution in [1.29, 1.82) is 0 Å². The van der Waals surface area contributed by atoms with Crippen molar-refractivity contribution < 1.29 is 9.59 Å². The van der Waals surface area contributed by atoms with Gasteiger partial charge in [0.1, 0.15) is 0 Å². The molecule has 0 radical (unpaired) electrons. The van der Waals surface area contributed by atoms with E-state index in [-0.39, 0.29) is 24.2 Å². The van der Waals surface area contributed by atoms with E-state index in [0.717, 1.165) is 25.1 Å². The van der Waals surface area contributed by atoms with Crippen molar-refractivity contribution in [2.24, 2.45) is 5.73 Å². The van der Waals surface area contributed by atoms with Gasteiger partial charge in [0, 0.05) is 43.9 Å². The van der Waals surface area contributed by atoms with Crippen molar-refractivity contribution >= 4 is 29.9 Å². The third-order valence-corrected chi connectivity index (χ3v) is 4.68. The third kappa shape index (κ3) is 5.31. The first kappa shape index (κ1) is 20.9. The number of nitrogens with zero attached hydrogens (tertiary/aromatic N) is 2. The molecule has 0 atom stereocenters. The van der Waals surface area contributed by atoms with Gasteiger partial charge >= 0.3 is 0 Å². The average Bonchev–Trinajstić information content (AvgIpc) is 3.11. The fraction of sp³-hybridized carbons (Fsp3) is 0.333. The molecule has 0 unspecified atom stereocenters. The SMILES string of the molecule is Cl.NCCN(CCc1ccccc1)C(=O)c1cccc(N2CCCC2=O)c1. The van der Waals surface area contributed by atoms with Crippen molar-refractivity contribution in [2.75, 3.05) is 31.1 Å². The Labute approximate surface area is 166 Å². The maximum Gasteiger partial charge on any atom is 0.253 e. The van der Waals surface area contributed by atoms with E-state index in [2.05, 4.69) is 12.1 Å². The lowest BCUT2D eigenvalue weighted by Gasteiger charge is -2.23. The standard InChI is InChI=1S/C21H25N3O2.ClH/c22-12-15-23(14-11-17-6-2-1-3-7-17)21(26)18-8-4-9-19(16-18)24-13-5-10-20(24)25;/h1-4,6-9,16H,5,10-15,22H2;1H. The fourth-order valence-corrected chi connectivity index (χ4v) is 3.29. The van der Waals surface area contributed by atoms with Crippen LogP contribution in [0.2, 0.25) is 0 Å². The second kappa shape index (κ2) is 10.1. The van der Waals surface area contributed by atoms with Crippen LogP contribution in [-0.2, 0) is 11.2 Å². The second-order valence-electron chi connectivity index (χ2n) is 6.52. The van der Waals surface area contributed by atoms with Crippen molar-refractivity contribution in [2.45, 2.75) is 19.3 Å². The molecule has 1 heterocycles. The minimum Gasteiger partial charge on any atom is -0.337 e. The predicted octanol–water partition coefficient (Wildman–Crippen LogP) is 2.88. The predicted molar refractivity (Wildman–Crippen MR) is 110 cm³/mol. The Bertz CT molecular complexity index is 767. The summed E-state index contributed by atoms with van der Waals surface area (Å²) in [6.07, 6.45) is 2.23. The van der Waals surface area contributed by atoms with Crippen LogP contribution in [0.3, 0.4) is 0 Å². The van der Waals surface area contributed by atoms with Crippen LogP contribution < -0.4 is 10.6 Å². The summed E-state index contributed by atoms with van der Waals surface area (Å²) in [6.45, 7) is 2.27. The van der Waals surface area contributed by atoms with E-state index in [1.807, 2.05) is 36.4 Å². The van der Waals surface area contributed by atoms with E-state index in [9.17, 15) is 9.59 Å². The fourth-order valence-electron chi connectivity index (χ4n) is 3.29. The minimum absolute atomic E-state index is 0. The number of halogens is 1. The highest BCUT2D eigenvalue weighted by Gasteiger charge is 2.23. The molecule has 0 bridgehead atoms. The van der Waals surface area contributed by atoms with Crippen LogP contribution in [0.1, 0.15) is 28.8 Å². The average molecular weight is 388 g/mol. The highest BCUT2D eigenvalue weighted by Crippen LogP contribution is 2.23. The van der Waals surface area contributed by atoms with E-state index >= 15 is 0 Å². The van der Waals surface area contributed by atoms with E-state index in [0.29, 0.717) is 31.6 Å².